The zero-order valence-corrected chi connectivity index (χ0v) is 12.4. The number of carbonyl (C=O) groups is 1. The highest BCUT2D eigenvalue weighted by molar-refractivity contribution is 5.97. The molecule has 0 bridgehead atoms. The Morgan fingerprint density at radius 2 is 2.04 bits per heavy atom. The fourth-order valence-corrected chi connectivity index (χ4v) is 2.25. The second-order valence-corrected chi connectivity index (χ2v) is 4.91. The van der Waals surface area contributed by atoms with Crippen molar-refractivity contribution in [3.63, 3.8) is 0 Å². The number of nitrogens with two attached hydrogens (primary N) is 1. The van der Waals surface area contributed by atoms with Gasteiger partial charge in [-0.2, -0.15) is 0 Å². The summed E-state index contributed by atoms with van der Waals surface area (Å²) in [6.07, 6.45) is 0. The van der Waals surface area contributed by atoms with Gasteiger partial charge in [-0.25, -0.2) is 9.18 Å². The lowest BCUT2D eigenvalue weighted by atomic mass is 10.2. The van der Waals surface area contributed by atoms with Crippen molar-refractivity contribution in [3.8, 4) is 11.5 Å². The van der Waals surface area contributed by atoms with Crippen molar-refractivity contribution in [3.05, 3.63) is 54.0 Å². The third-order valence-electron chi connectivity index (χ3n) is 3.32. The molecule has 0 radical (unpaired) electrons. The van der Waals surface area contributed by atoms with Crippen molar-refractivity contribution in [1.29, 1.82) is 0 Å². The zero-order valence-electron chi connectivity index (χ0n) is 12.4. The summed E-state index contributed by atoms with van der Waals surface area (Å²) >= 11 is 0. The highest BCUT2D eigenvalue weighted by atomic mass is 19.1. The minimum atomic E-state index is -0.445. The molecule has 2 aromatic carbocycles. The highest BCUT2D eigenvalue weighted by Gasteiger charge is 2.14. The third-order valence-corrected chi connectivity index (χ3v) is 3.32. The van der Waals surface area contributed by atoms with Gasteiger partial charge in [0.1, 0.15) is 17.3 Å². The number of halogens is 1. The summed E-state index contributed by atoms with van der Waals surface area (Å²) in [7, 11) is 0. The highest BCUT2D eigenvalue weighted by Crippen LogP contribution is 2.33. The van der Waals surface area contributed by atoms with Crippen LogP contribution in [-0.2, 0) is 4.74 Å². The van der Waals surface area contributed by atoms with Crippen molar-refractivity contribution in [2.75, 3.05) is 12.3 Å². The van der Waals surface area contributed by atoms with Gasteiger partial charge < -0.3 is 20.2 Å². The van der Waals surface area contributed by atoms with Crippen molar-refractivity contribution >= 4 is 22.6 Å². The largest absolute Gasteiger partial charge is 0.461 e. The average molecular weight is 314 g/mol. The molecule has 0 aliphatic heterocycles. The fourth-order valence-electron chi connectivity index (χ4n) is 2.25. The molecule has 1 heterocycles. The van der Waals surface area contributed by atoms with Gasteiger partial charge in [-0.3, -0.25) is 0 Å². The number of rotatable bonds is 4. The normalized spacial score (nSPS) is 10.7. The smallest absolute Gasteiger partial charge is 0.354 e. The van der Waals surface area contributed by atoms with E-state index in [0.29, 0.717) is 28.0 Å². The van der Waals surface area contributed by atoms with Crippen LogP contribution < -0.4 is 10.5 Å². The summed E-state index contributed by atoms with van der Waals surface area (Å²) in [6, 6.07) is 10.8. The molecule has 6 heteroatoms. The molecule has 3 aromatic rings. The first-order valence-electron chi connectivity index (χ1n) is 7.10. The number of fused-ring (bicyclic) bond motifs is 1. The summed E-state index contributed by atoms with van der Waals surface area (Å²) in [4.78, 5) is 14.8. The Hall–Kier alpha value is -3.02. The number of hydrogen-bond acceptors (Lipinski definition) is 4. The Morgan fingerprint density at radius 3 is 2.83 bits per heavy atom. The van der Waals surface area contributed by atoms with Gasteiger partial charge in [-0.1, -0.05) is 6.07 Å². The van der Waals surface area contributed by atoms with Crippen LogP contribution in [0.1, 0.15) is 17.4 Å². The van der Waals surface area contributed by atoms with Crippen LogP contribution in [0.3, 0.4) is 0 Å². The van der Waals surface area contributed by atoms with Crippen LogP contribution >= 0.6 is 0 Å². The van der Waals surface area contributed by atoms with Crippen molar-refractivity contribution in [2.45, 2.75) is 6.92 Å². The van der Waals surface area contributed by atoms with E-state index in [9.17, 15) is 9.18 Å². The first-order valence-corrected chi connectivity index (χ1v) is 7.10. The van der Waals surface area contributed by atoms with E-state index in [1.54, 1.807) is 31.2 Å². The molecule has 5 nitrogen and oxygen atoms in total. The van der Waals surface area contributed by atoms with Crippen molar-refractivity contribution < 1.29 is 18.7 Å². The topological polar surface area (TPSA) is 77.3 Å². The minimum absolute atomic E-state index is 0.219. The molecule has 0 saturated carbocycles. The fraction of sp³-hybridized carbons (Fsp3) is 0.118. The number of aromatic amines is 1. The van der Waals surface area contributed by atoms with Crippen LogP contribution in [0.4, 0.5) is 10.1 Å². The van der Waals surface area contributed by atoms with Gasteiger partial charge in [0, 0.05) is 17.0 Å². The Labute approximate surface area is 131 Å². The van der Waals surface area contributed by atoms with Gasteiger partial charge in [0.15, 0.2) is 5.75 Å². The number of esters is 1. The Kier molecular flexibility index (Phi) is 3.89. The summed E-state index contributed by atoms with van der Waals surface area (Å²) in [6.45, 7) is 2.03. The standard InChI is InChI=1S/C17H15FN2O3/c1-2-22-17(21)14-9-11-13(20-14)4-3-5-15(11)23-16-8-10(18)6-7-12(16)19/h3-9,20H,2,19H2,1H3. The van der Waals surface area contributed by atoms with Crippen LogP contribution in [0, 0.1) is 5.82 Å². The van der Waals surface area contributed by atoms with Crippen LogP contribution in [0.15, 0.2) is 42.5 Å². The molecule has 23 heavy (non-hydrogen) atoms. The molecule has 0 aliphatic carbocycles. The maximum atomic E-state index is 13.4. The van der Waals surface area contributed by atoms with E-state index in [-0.39, 0.29) is 12.4 Å². The van der Waals surface area contributed by atoms with Crippen LogP contribution in [0.25, 0.3) is 10.9 Å². The second kappa shape index (κ2) is 6.00. The van der Waals surface area contributed by atoms with E-state index in [1.165, 1.54) is 18.2 Å². The summed E-state index contributed by atoms with van der Waals surface area (Å²) in [5.41, 5.74) is 7.16. The molecule has 0 amide bonds. The Bertz CT molecular complexity index is 873. The monoisotopic (exact) mass is 314 g/mol. The number of anilines is 1. The van der Waals surface area contributed by atoms with Gasteiger partial charge >= 0.3 is 5.97 Å². The van der Waals surface area contributed by atoms with Crippen molar-refractivity contribution in [2.24, 2.45) is 0 Å². The number of aromatic nitrogens is 1. The number of H-pyrrole nitrogens is 1. The SMILES string of the molecule is CCOC(=O)c1cc2c(Oc3cc(F)ccc3N)cccc2[nH]1. The number of nitrogens with one attached hydrogen (secondary N) is 1. The lowest BCUT2D eigenvalue weighted by Crippen LogP contribution is -2.04. The Morgan fingerprint density at radius 1 is 1.22 bits per heavy atom. The third kappa shape index (κ3) is 2.96. The lowest BCUT2D eigenvalue weighted by Gasteiger charge is -2.09. The molecule has 0 unspecified atom stereocenters. The van der Waals surface area contributed by atoms with Gasteiger partial charge in [0.05, 0.1) is 12.3 Å². The first-order chi connectivity index (χ1) is 11.1. The van der Waals surface area contributed by atoms with Crippen LogP contribution in [0.2, 0.25) is 0 Å². The number of benzene rings is 2. The van der Waals surface area contributed by atoms with E-state index in [0.717, 1.165) is 0 Å². The zero-order chi connectivity index (χ0) is 16.4. The molecule has 0 fully saturated rings. The maximum Gasteiger partial charge on any atom is 0.354 e. The number of nitrogen functional groups attached to an aromatic ring is 1. The predicted molar refractivity (Wildman–Crippen MR) is 85.1 cm³/mol. The number of ether oxygens (including phenoxy) is 2. The van der Waals surface area contributed by atoms with E-state index in [1.807, 2.05) is 0 Å². The summed E-state index contributed by atoms with van der Waals surface area (Å²) in [5, 5.41) is 0.680. The van der Waals surface area contributed by atoms with E-state index < -0.39 is 11.8 Å². The van der Waals surface area contributed by atoms with Gasteiger partial charge in [-0.05, 0) is 37.3 Å². The minimum Gasteiger partial charge on any atom is -0.461 e. The van der Waals surface area contributed by atoms with Crippen LogP contribution in [0.5, 0.6) is 11.5 Å². The summed E-state index contributed by atoms with van der Waals surface area (Å²) in [5.74, 6) is -0.203. The molecule has 0 aliphatic rings. The molecule has 3 N–H and O–H groups in total. The average Bonchev–Trinajstić information content (AvgIpc) is 2.96. The van der Waals surface area contributed by atoms with Crippen LogP contribution in [-0.4, -0.2) is 17.6 Å². The quantitative estimate of drug-likeness (QED) is 0.566. The molecule has 3 rings (SSSR count). The molecule has 118 valence electrons. The lowest BCUT2D eigenvalue weighted by molar-refractivity contribution is 0.0520. The van der Waals surface area contributed by atoms with E-state index in [2.05, 4.69) is 4.98 Å². The summed E-state index contributed by atoms with van der Waals surface area (Å²) < 4.78 is 24.0. The predicted octanol–water partition coefficient (Wildman–Crippen LogP) is 3.86. The van der Waals surface area contributed by atoms with E-state index >= 15 is 0 Å². The van der Waals surface area contributed by atoms with Gasteiger partial charge in [-0.15, -0.1) is 0 Å². The second-order valence-electron chi connectivity index (χ2n) is 4.91. The maximum absolute atomic E-state index is 13.4. The van der Waals surface area contributed by atoms with Crippen molar-refractivity contribution in [1.82, 2.24) is 4.98 Å². The van der Waals surface area contributed by atoms with Gasteiger partial charge in [0.25, 0.3) is 0 Å². The molecule has 0 atom stereocenters. The van der Waals surface area contributed by atoms with Gasteiger partial charge in [0.2, 0.25) is 0 Å². The molecule has 0 saturated heterocycles. The number of carbonyl (C=O) groups excluding carboxylic acids is 1. The molecule has 0 spiro atoms. The van der Waals surface area contributed by atoms with E-state index in [4.69, 9.17) is 15.2 Å². The first kappa shape index (κ1) is 14.9. The molecular formula is C17H15FN2O3. The molecule has 1 aromatic heterocycles. The molecular weight excluding hydrogens is 299 g/mol. The Balaban J connectivity index is 2.01. The number of hydrogen-bond donors (Lipinski definition) is 2.